The molecule has 0 bridgehead atoms. The standard InChI is InChI=1S/C18H16O/c1-2-6-15(5-1)9-11-17-13-14-18(19-17)12-10-16-7-3-4-8-16/h1-16H/b11-9+,12-10+. The molecule has 2 aliphatic carbocycles. The van der Waals surface area contributed by atoms with Gasteiger partial charge in [-0.25, -0.2) is 0 Å². The Kier molecular flexibility index (Phi) is 3.46. The van der Waals surface area contributed by atoms with Gasteiger partial charge < -0.3 is 4.42 Å². The molecule has 0 aliphatic heterocycles. The van der Waals surface area contributed by atoms with Crippen LogP contribution in [0.3, 0.4) is 0 Å². The first kappa shape index (κ1) is 11.8. The van der Waals surface area contributed by atoms with Gasteiger partial charge in [0.05, 0.1) is 0 Å². The van der Waals surface area contributed by atoms with E-state index in [0.717, 1.165) is 11.5 Å². The second-order valence-corrected chi connectivity index (χ2v) is 4.65. The quantitative estimate of drug-likeness (QED) is 0.746. The molecule has 1 aromatic heterocycles. The van der Waals surface area contributed by atoms with Crippen molar-refractivity contribution in [3.8, 4) is 0 Å². The number of allylic oxidation sites excluding steroid dienone is 10. The third-order valence-corrected chi connectivity index (χ3v) is 3.17. The summed E-state index contributed by atoms with van der Waals surface area (Å²) < 4.78 is 5.73. The predicted octanol–water partition coefficient (Wildman–Crippen LogP) is 4.79. The molecule has 1 heterocycles. The summed E-state index contributed by atoms with van der Waals surface area (Å²) in [5.74, 6) is 2.59. The number of hydrogen-bond acceptors (Lipinski definition) is 1. The summed E-state index contributed by atoms with van der Waals surface area (Å²) in [5, 5.41) is 0. The number of furan rings is 1. The lowest BCUT2D eigenvalue weighted by Crippen LogP contribution is -1.80. The SMILES string of the molecule is C1=CC(/C=C/c2ccc(/C=C/C3C=CC=C3)o2)C=C1. The van der Waals surface area contributed by atoms with Crippen molar-refractivity contribution in [3.05, 3.63) is 84.4 Å². The number of hydrogen-bond donors (Lipinski definition) is 0. The van der Waals surface area contributed by atoms with Gasteiger partial charge in [0.2, 0.25) is 0 Å². The molecular weight excluding hydrogens is 232 g/mol. The van der Waals surface area contributed by atoms with Crippen LogP contribution < -0.4 is 0 Å². The van der Waals surface area contributed by atoms with E-state index in [1.807, 2.05) is 24.3 Å². The maximum atomic E-state index is 5.73. The fraction of sp³-hybridized carbons (Fsp3) is 0.111. The Morgan fingerprint density at radius 1 is 0.684 bits per heavy atom. The molecule has 0 fully saturated rings. The minimum Gasteiger partial charge on any atom is -0.457 e. The summed E-state index contributed by atoms with van der Waals surface area (Å²) in [6.07, 6.45) is 25.2. The molecule has 0 saturated carbocycles. The molecule has 1 aromatic rings. The van der Waals surface area contributed by atoms with Crippen molar-refractivity contribution >= 4 is 12.2 Å². The van der Waals surface area contributed by atoms with E-state index in [1.54, 1.807) is 0 Å². The van der Waals surface area contributed by atoms with E-state index in [9.17, 15) is 0 Å². The zero-order valence-corrected chi connectivity index (χ0v) is 10.6. The third-order valence-electron chi connectivity index (χ3n) is 3.17. The van der Waals surface area contributed by atoms with E-state index in [1.165, 1.54) is 0 Å². The Morgan fingerprint density at radius 3 is 1.53 bits per heavy atom. The average Bonchev–Trinajstić information content (AvgIpc) is 3.16. The fourth-order valence-electron chi connectivity index (χ4n) is 2.11. The van der Waals surface area contributed by atoms with Gasteiger partial charge in [0.1, 0.15) is 11.5 Å². The molecule has 0 radical (unpaired) electrons. The molecule has 94 valence electrons. The van der Waals surface area contributed by atoms with Gasteiger partial charge in [-0.1, -0.05) is 60.8 Å². The van der Waals surface area contributed by atoms with Gasteiger partial charge in [0, 0.05) is 11.8 Å². The summed E-state index contributed by atoms with van der Waals surface area (Å²) in [6.45, 7) is 0. The lowest BCUT2D eigenvalue weighted by molar-refractivity contribution is 0.546. The summed E-state index contributed by atoms with van der Waals surface area (Å²) >= 11 is 0. The van der Waals surface area contributed by atoms with Crippen LogP contribution in [-0.4, -0.2) is 0 Å². The Morgan fingerprint density at radius 2 is 1.11 bits per heavy atom. The highest BCUT2D eigenvalue weighted by Gasteiger charge is 2.01. The van der Waals surface area contributed by atoms with Gasteiger partial charge in [0.15, 0.2) is 0 Å². The molecule has 1 heteroatoms. The van der Waals surface area contributed by atoms with Crippen molar-refractivity contribution in [1.29, 1.82) is 0 Å². The largest absolute Gasteiger partial charge is 0.457 e. The molecule has 0 atom stereocenters. The second-order valence-electron chi connectivity index (χ2n) is 4.65. The Balaban J connectivity index is 1.62. The van der Waals surface area contributed by atoms with Crippen molar-refractivity contribution in [2.24, 2.45) is 11.8 Å². The van der Waals surface area contributed by atoms with Crippen LogP contribution in [0.2, 0.25) is 0 Å². The van der Waals surface area contributed by atoms with Crippen molar-refractivity contribution in [2.45, 2.75) is 0 Å². The molecule has 0 aromatic carbocycles. The maximum Gasteiger partial charge on any atom is 0.127 e. The summed E-state index contributed by atoms with van der Waals surface area (Å²) in [4.78, 5) is 0. The van der Waals surface area contributed by atoms with Crippen LogP contribution in [0.1, 0.15) is 11.5 Å². The van der Waals surface area contributed by atoms with Gasteiger partial charge >= 0.3 is 0 Å². The normalized spacial score (nSPS) is 18.9. The summed E-state index contributed by atoms with van der Waals surface area (Å²) in [7, 11) is 0. The zero-order valence-electron chi connectivity index (χ0n) is 10.6. The molecule has 19 heavy (non-hydrogen) atoms. The predicted molar refractivity (Wildman–Crippen MR) is 80.3 cm³/mol. The Hall–Kier alpha value is -2.28. The van der Waals surface area contributed by atoms with E-state index in [0.29, 0.717) is 11.8 Å². The van der Waals surface area contributed by atoms with E-state index < -0.39 is 0 Å². The molecule has 0 spiro atoms. The fourth-order valence-corrected chi connectivity index (χ4v) is 2.11. The average molecular weight is 248 g/mol. The van der Waals surface area contributed by atoms with Gasteiger partial charge in [-0.05, 0) is 24.3 Å². The minimum atomic E-state index is 0.401. The summed E-state index contributed by atoms with van der Waals surface area (Å²) in [6, 6.07) is 4.00. The first-order valence-corrected chi connectivity index (χ1v) is 6.56. The van der Waals surface area contributed by atoms with Crippen molar-refractivity contribution in [1.82, 2.24) is 0 Å². The van der Waals surface area contributed by atoms with Crippen LogP contribution in [0.4, 0.5) is 0 Å². The van der Waals surface area contributed by atoms with E-state index in [2.05, 4.69) is 60.8 Å². The first-order chi connectivity index (χ1) is 9.40. The highest BCUT2D eigenvalue weighted by atomic mass is 16.3. The third kappa shape index (κ3) is 3.14. The lowest BCUT2D eigenvalue weighted by Gasteiger charge is -1.94. The van der Waals surface area contributed by atoms with E-state index >= 15 is 0 Å². The molecule has 2 aliphatic rings. The molecule has 0 amide bonds. The van der Waals surface area contributed by atoms with Crippen LogP contribution >= 0.6 is 0 Å². The zero-order chi connectivity index (χ0) is 12.9. The lowest BCUT2D eigenvalue weighted by atomic mass is 10.1. The Labute approximate surface area is 113 Å². The molecular formula is C18H16O. The molecule has 0 N–H and O–H groups in total. The van der Waals surface area contributed by atoms with Crippen LogP contribution in [0.5, 0.6) is 0 Å². The van der Waals surface area contributed by atoms with Gasteiger partial charge in [0.25, 0.3) is 0 Å². The molecule has 1 nitrogen and oxygen atoms in total. The van der Waals surface area contributed by atoms with Crippen LogP contribution in [0.15, 0.2) is 77.3 Å². The van der Waals surface area contributed by atoms with Crippen molar-refractivity contribution < 1.29 is 4.42 Å². The van der Waals surface area contributed by atoms with Crippen LogP contribution in [-0.2, 0) is 0 Å². The monoisotopic (exact) mass is 248 g/mol. The molecule has 0 unspecified atom stereocenters. The Bertz CT molecular complexity index is 529. The first-order valence-electron chi connectivity index (χ1n) is 6.56. The number of rotatable bonds is 4. The van der Waals surface area contributed by atoms with Crippen molar-refractivity contribution in [3.63, 3.8) is 0 Å². The molecule has 0 saturated heterocycles. The minimum absolute atomic E-state index is 0.401. The van der Waals surface area contributed by atoms with Gasteiger partial charge in [-0.2, -0.15) is 0 Å². The van der Waals surface area contributed by atoms with E-state index in [-0.39, 0.29) is 0 Å². The maximum absolute atomic E-state index is 5.73. The van der Waals surface area contributed by atoms with Gasteiger partial charge in [-0.3, -0.25) is 0 Å². The summed E-state index contributed by atoms with van der Waals surface area (Å²) in [5.41, 5.74) is 0. The van der Waals surface area contributed by atoms with Crippen molar-refractivity contribution in [2.75, 3.05) is 0 Å². The highest BCUT2D eigenvalue weighted by molar-refractivity contribution is 5.51. The van der Waals surface area contributed by atoms with Gasteiger partial charge in [-0.15, -0.1) is 0 Å². The van der Waals surface area contributed by atoms with Crippen LogP contribution in [0, 0.1) is 11.8 Å². The molecule has 3 rings (SSSR count). The van der Waals surface area contributed by atoms with E-state index in [4.69, 9.17) is 4.42 Å². The topological polar surface area (TPSA) is 13.1 Å². The highest BCUT2D eigenvalue weighted by Crippen LogP contribution is 2.17. The van der Waals surface area contributed by atoms with Crippen LogP contribution in [0.25, 0.3) is 12.2 Å². The second kappa shape index (κ2) is 5.57. The smallest absolute Gasteiger partial charge is 0.127 e.